The van der Waals surface area contributed by atoms with E-state index in [0.717, 1.165) is 50.3 Å². The quantitative estimate of drug-likeness (QED) is 0.378. The van der Waals surface area contributed by atoms with E-state index in [2.05, 4.69) is 10.2 Å². The van der Waals surface area contributed by atoms with Gasteiger partial charge in [-0.25, -0.2) is 9.97 Å². The Morgan fingerprint density at radius 1 is 1.00 bits per heavy atom. The Kier molecular flexibility index (Phi) is 4.63. The number of fused-ring (bicyclic) bond motifs is 3. The largest absolute Gasteiger partial charge is 0.497 e. The molecule has 3 aromatic heterocycles. The fourth-order valence-electron chi connectivity index (χ4n) is 3.35. The Morgan fingerprint density at radius 2 is 1.80 bits per heavy atom. The van der Waals surface area contributed by atoms with Crippen molar-refractivity contribution in [1.82, 2.24) is 24.6 Å². The maximum atomic E-state index is 5.91. The lowest BCUT2D eigenvalue weighted by atomic mass is 10.2. The van der Waals surface area contributed by atoms with Gasteiger partial charge in [-0.2, -0.15) is 0 Å². The van der Waals surface area contributed by atoms with E-state index in [4.69, 9.17) is 19.1 Å². The molecule has 0 unspecified atom stereocenters. The summed E-state index contributed by atoms with van der Waals surface area (Å²) in [5.41, 5.74) is 4.46. The number of para-hydroxylation sites is 2. The Bertz CT molecular complexity index is 1360. The standard InChI is InChI=1S/C22H19N5O2S/c1-13-18(23-21(29-13)15-8-10-16(28-3)11-9-15)12-30-22-20-26-25-14(2)27(20)19-7-5-4-6-17(19)24-22/h4-11H,12H2,1-3H3. The van der Waals surface area contributed by atoms with Crippen LogP contribution < -0.4 is 4.74 Å². The van der Waals surface area contributed by atoms with Crippen molar-refractivity contribution < 1.29 is 9.15 Å². The van der Waals surface area contributed by atoms with Crippen LogP contribution in [0.4, 0.5) is 0 Å². The zero-order valence-corrected chi connectivity index (χ0v) is 17.6. The second-order valence-corrected chi connectivity index (χ2v) is 7.82. The highest BCUT2D eigenvalue weighted by molar-refractivity contribution is 7.98. The van der Waals surface area contributed by atoms with Crippen LogP contribution in [-0.4, -0.2) is 31.7 Å². The van der Waals surface area contributed by atoms with Gasteiger partial charge in [0, 0.05) is 11.3 Å². The lowest BCUT2D eigenvalue weighted by Gasteiger charge is -2.06. The van der Waals surface area contributed by atoms with Gasteiger partial charge in [0.05, 0.1) is 23.8 Å². The van der Waals surface area contributed by atoms with Crippen molar-refractivity contribution >= 4 is 28.4 Å². The zero-order chi connectivity index (χ0) is 20.7. The van der Waals surface area contributed by atoms with Crippen LogP contribution in [-0.2, 0) is 5.75 Å². The van der Waals surface area contributed by atoms with Crippen LogP contribution in [0.25, 0.3) is 28.1 Å². The van der Waals surface area contributed by atoms with Crippen molar-refractivity contribution in [2.45, 2.75) is 24.6 Å². The van der Waals surface area contributed by atoms with Crippen LogP contribution in [0.5, 0.6) is 5.75 Å². The maximum absolute atomic E-state index is 5.91. The smallest absolute Gasteiger partial charge is 0.226 e. The van der Waals surface area contributed by atoms with Gasteiger partial charge in [-0.05, 0) is 50.2 Å². The molecule has 0 atom stereocenters. The predicted octanol–water partition coefficient (Wildman–Crippen LogP) is 4.85. The molecule has 7 nitrogen and oxygen atoms in total. The first kappa shape index (κ1) is 18.6. The van der Waals surface area contributed by atoms with Crippen LogP contribution in [0.1, 0.15) is 17.3 Å². The van der Waals surface area contributed by atoms with Gasteiger partial charge in [-0.1, -0.05) is 23.9 Å². The molecule has 0 N–H and O–H groups in total. The number of benzene rings is 2. The van der Waals surface area contributed by atoms with Gasteiger partial charge in [0.1, 0.15) is 22.4 Å². The van der Waals surface area contributed by atoms with E-state index in [1.54, 1.807) is 18.9 Å². The number of aryl methyl sites for hydroxylation is 2. The highest BCUT2D eigenvalue weighted by atomic mass is 32.2. The molecule has 0 saturated heterocycles. The minimum absolute atomic E-state index is 0.598. The Morgan fingerprint density at radius 3 is 2.60 bits per heavy atom. The van der Waals surface area contributed by atoms with Crippen molar-refractivity contribution in [3.8, 4) is 17.2 Å². The molecule has 0 amide bonds. The summed E-state index contributed by atoms with van der Waals surface area (Å²) in [5.74, 6) is 3.65. The lowest BCUT2D eigenvalue weighted by Crippen LogP contribution is -1.97. The summed E-state index contributed by atoms with van der Waals surface area (Å²) in [6.45, 7) is 3.88. The number of rotatable bonds is 5. The van der Waals surface area contributed by atoms with Gasteiger partial charge in [-0.15, -0.1) is 10.2 Å². The normalized spacial score (nSPS) is 11.4. The van der Waals surface area contributed by atoms with E-state index in [-0.39, 0.29) is 0 Å². The molecule has 0 fully saturated rings. The maximum Gasteiger partial charge on any atom is 0.226 e. The van der Waals surface area contributed by atoms with E-state index >= 15 is 0 Å². The molecule has 0 radical (unpaired) electrons. The summed E-state index contributed by atoms with van der Waals surface area (Å²) in [7, 11) is 1.65. The Labute approximate surface area is 177 Å². The first-order valence-electron chi connectivity index (χ1n) is 9.48. The summed E-state index contributed by atoms with van der Waals surface area (Å²) in [6.07, 6.45) is 0. The highest BCUT2D eigenvalue weighted by Crippen LogP contribution is 2.30. The van der Waals surface area contributed by atoms with Gasteiger partial charge in [0.15, 0.2) is 5.65 Å². The summed E-state index contributed by atoms with van der Waals surface area (Å²) in [4.78, 5) is 9.51. The van der Waals surface area contributed by atoms with Gasteiger partial charge in [-0.3, -0.25) is 4.40 Å². The summed E-state index contributed by atoms with van der Waals surface area (Å²) >= 11 is 1.58. The van der Waals surface area contributed by atoms with Crippen molar-refractivity contribution in [2.24, 2.45) is 0 Å². The molecule has 5 aromatic rings. The second kappa shape index (κ2) is 7.46. The van der Waals surface area contributed by atoms with E-state index in [0.29, 0.717) is 11.6 Å². The number of oxazole rings is 1. The molecule has 5 rings (SSSR count). The topological polar surface area (TPSA) is 78.3 Å². The van der Waals surface area contributed by atoms with Gasteiger partial charge >= 0.3 is 0 Å². The Balaban J connectivity index is 1.46. The molecular formula is C22H19N5O2S. The molecule has 0 bridgehead atoms. The number of hydrogen-bond donors (Lipinski definition) is 0. The van der Waals surface area contributed by atoms with E-state index in [9.17, 15) is 0 Å². The molecular weight excluding hydrogens is 398 g/mol. The number of methoxy groups -OCH3 is 1. The second-order valence-electron chi connectivity index (χ2n) is 6.85. The predicted molar refractivity (Wildman–Crippen MR) is 116 cm³/mol. The third-order valence-electron chi connectivity index (χ3n) is 4.94. The monoisotopic (exact) mass is 417 g/mol. The SMILES string of the molecule is COc1ccc(-c2nc(CSc3nc4ccccc4n4c(C)nnc34)c(C)o2)cc1. The van der Waals surface area contributed by atoms with Crippen molar-refractivity contribution in [3.63, 3.8) is 0 Å². The minimum atomic E-state index is 0.598. The van der Waals surface area contributed by atoms with Crippen LogP contribution in [0, 0.1) is 13.8 Å². The van der Waals surface area contributed by atoms with E-state index in [1.807, 2.05) is 66.8 Å². The molecule has 0 spiro atoms. The molecule has 2 aromatic carbocycles. The van der Waals surface area contributed by atoms with Gasteiger partial charge < -0.3 is 9.15 Å². The van der Waals surface area contributed by atoms with Crippen LogP contribution >= 0.6 is 11.8 Å². The third kappa shape index (κ3) is 3.19. The molecule has 8 heteroatoms. The number of ether oxygens (including phenoxy) is 1. The summed E-state index contributed by atoms with van der Waals surface area (Å²) in [6, 6.07) is 15.7. The zero-order valence-electron chi connectivity index (χ0n) is 16.8. The van der Waals surface area contributed by atoms with E-state index < -0.39 is 0 Å². The minimum Gasteiger partial charge on any atom is -0.497 e. The van der Waals surface area contributed by atoms with Crippen LogP contribution in [0.3, 0.4) is 0 Å². The van der Waals surface area contributed by atoms with Crippen LogP contribution in [0.2, 0.25) is 0 Å². The van der Waals surface area contributed by atoms with Crippen molar-refractivity contribution in [3.05, 3.63) is 65.8 Å². The molecule has 150 valence electrons. The van der Waals surface area contributed by atoms with Crippen LogP contribution in [0.15, 0.2) is 58.0 Å². The third-order valence-corrected chi connectivity index (χ3v) is 5.90. The lowest BCUT2D eigenvalue weighted by molar-refractivity contribution is 0.415. The average Bonchev–Trinajstić information content (AvgIpc) is 3.35. The average molecular weight is 417 g/mol. The fraction of sp³-hybridized carbons (Fsp3) is 0.182. The molecule has 0 aliphatic heterocycles. The fourth-order valence-corrected chi connectivity index (χ4v) is 4.31. The van der Waals surface area contributed by atoms with Crippen molar-refractivity contribution in [1.29, 1.82) is 0 Å². The van der Waals surface area contributed by atoms with Crippen molar-refractivity contribution in [2.75, 3.05) is 7.11 Å². The number of nitrogens with zero attached hydrogens (tertiary/aromatic N) is 5. The van der Waals surface area contributed by atoms with Gasteiger partial charge in [0.2, 0.25) is 5.89 Å². The highest BCUT2D eigenvalue weighted by Gasteiger charge is 2.16. The number of thioether (sulfide) groups is 1. The molecule has 0 aliphatic carbocycles. The molecule has 0 saturated carbocycles. The first-order valence-corrected chi connectivity index (χ1v) is 10.5. The summed E-state index contributed by atoms with van der Waals surface area (Å²) < 4.78 is 13.2. The van der Waals surface area contributed by atoms with E-state index in [1.165, 1.54) is 0 Å². The number of hydrogen-bond acceptors (Lipinski definition) is 7. The molecule has 30 heavy (non-hydrogen) atoms. The first-order chi connectivity index (χ1) is 14.6. The Hall–Kier alpha value is -3.39. The number of aromatic nitrogens is 5. The molecule has 0 aliphatic rings. The molecule has 3 heterocycles. The summed E-state index contributed by atoms with van der Waals surface area (Å²) in [5, 5.41) is 9.42. The van der Waals surface area contributed by atoms with Gasteiger partial charge in [0.25, 0.3) is 0 Å².